The molecule has 86 valence electrons. The van der Waals surface area contributed by atoms with Gasteiger partial charge in [-0.3, -0.25) is 8.74 Å². The van der Waals surface area contributed by atoms with Gasteiger partial charge in [0.1, 0.15) is 5.60 Å². The minimum Gasteiger partial charge on any atom is -0.390 e. The SMILES string of the molecule is CC(C)CCC(O)C(C)(C)OS(=O)O. The van der Waals surface area contributed by atoms with E-state index in [0.29, 0.717) is 12.3 Å². The van der Waals surface area contributed by atoms with Crippen molar-refractivity contribution in [2.75, 3.05) is 0 Å². The molecule has 4 nitrogen and oxygen atoms in total. The van der Waals surface area contributed by atoms with E-state index in [1.165, 1.54) is 0 Å². The van der Waals surface area contributed by atoms with Gasteiger partial charge in [-0.1, -0.05) is 13.8 Å². The first-order valence-corrected chi connectivity index (χ1v) is 5.77. The number of hydrogen-bond donors (Lipinski definition) is 2. The normalized spacial score (nSPS) is 17.1. The summed E-state index contributed by atoms with van der Waals surface area (Å²) in [6.07, 6.45) is 0.717. The average molecular weight is 224 g/mol. The lowest BCUT2D eigenvalue weighted by Gasteiger charge is -2.28. The lowest BCUT2D eigenvalue weighted by molar-refractivity contribution is -0.0312. The second-order valence-corrected chi connectivity index (χ2v) is 4.99. The molecule has 0 saturated carbocycles. The molecular formula is C9H20O4S. The van der Waals surface area contributed by atoms with Crippen molar-refractivity contribution in [2.24, 2.45) is 5.92 Å². The van der Waals surface area contributed by atoms with Crippen molar-refractivity contribution < 1.29 is 18.1 Å². The van der Waals surface area contributed by atoms with Crippen LogP contribution in [0.4, 0.5) is 0 Å². The highest BCUT2D eigenvalue weighted by molar-refractivity contribution is 7.74. The van der Waals surface area contributed by atoms with Gasteiger partial charge in [-0.2, -0.15) is 4.21 Å². The highest BCUT2D eigenvalue weighted by Gasteiger charge is 2.30. The van der Waals surface area contributed by atoms with E-state index in [1.807, 2.05) is 0 Å². The molecule has 0 rings (SSSR count). The van der Waals surface area contributed by atoms with Gasteiger partial charge in [0, 0.05) is 0 Å². The zero-order valence-corrected chi connectivity index (χ0v) is 10.0. The minimum absolute atomic E-state index is 0.500. The molecule has 0 aliphatic carbocycles. The molecule has 0 aromatic heterocycles. The Balaban J connectivity index is 4.06. The molecule has 0 saturated heterocycles. The van der Waals surface area contributed by atoms with Crippen molar-refractivity contribution in [1.29, 1.82) is 0 Å². The maximum atomic E-state index is 10.4. The summed E-state index contributed by atoms with van der Waals surface area (Å²) in [5, 5.41) is 9.70. The molecule has 0 aromatic rings. The Morgan fingerprint density at radius 3 is 2.21 bits per heavy atom. The van der Waals surface area contributed by atoms with Crippen molar-refractivity contribution in [3.63, 3.8) is 0 Å². The first-order valence-electron chi connectivity index (χ1n) is 4.74. The molecule has 14 heavy (non-hydrogen) atoms. The Hall–Kier alpha value is 0.0300. The van der Waals surface area contributed by atoms with Gasteiger partial charge in [0.2, 0.25) is 0 Å². The summed E-state index contributed by atoms with van der Waals surface area (Å²) >= 11 is -2.33. The van der Waals surface area contributed by atoms with Crippen LogP contribution in [-0.4, -0.2) is 25.6 Å². The van der Waals surface area contributed by atoms with E-state index in [-0.39, 0.29) is 0 Å². The molecule has 0 fully saturated rings. The number of hydrogen-bond acceptors (Lipinski definition) is 3. The minimum atomic E-state index is -2.33. The van der Waals surface area contributed by atoms with Crippen LogP contribution in [-0.2, 0) is 15.5 Å². The number of aliphatic hydroxyl groups excluding tert-OH is 1. The Bertz CT molecular complexity index is 191. The Morgan fingerprint density at radius 2 is 1.86 bits per heavy atom. The molecule has 0 aliphatic rings. The summed E-state index contributed by atoms with van der Waals surface area (Å²) in [5.41, 5.74) is -0.978. The van der Waals surface area contributed by atoms with Crippen LogP contribution in [0, 0.1) is 5.92 Å². The van der Waals surface area contributed by atoms with E-state index in [4.69, 9.17) is 8.74 Å². The zero-order chi connectivity index (χ0) is 11.4. The van der Waals surface area contributed by atoms with Crippen LogP contribution >= 0.6 is 0 Å². The molecule has 0 amide bonds. The lowest BCUT2D eigenvalue weighted by Crippen LogP contribution is -2.39. The fraction of sp³-hybridized carbons (Fsp3) is 1.00. The van der Waals surface area contributed by atoms with Crippen molar-refractivity contribution in [2.45, 2.75) is 52.2 Å². The third-order valence-corrected chi connectivity index (χ3v) is 2.68. The summed E-state index contributed by atoms with van der Waals surface area (Å²) in [4.78, 5) is 0. The van der Waals surface area contributed by atoms with Crippen LogP contribution in [0.1, 0.15) is 40.5 Å². The van der Waals surface area contributed by atoms with Crippen LogP contribution in [0.3, 0.4) is 0 Å². The molecule has 0 heterocycles. The topological polar surface area (TPSA) is 66.8 Å². The Morgan fingerprint density at radius 1 is 1.36 bits per heavy atom. The molecule has 0 bridgehead atoms. The quantitative estimate of drug-likeness (QED) is 0.674. The maximum Gasteiger partial charge on any atom is 0.302 e. The molecule has 0 spiro atoms. The molecule has 0 aromatic carbocycles. The van der Waals surface area contributed by atoms with Gasteiger partial charge >= 0.3 is 11.4 Å². The van der Waals surface area contributed by atoms with Crippen LogP contribution in [0.2, 0.25) is 0 Å². The van der Waals surface area contributed by atoms with Gasteiger partial charge < -0.3 is 5.11 Å². The van der Waals surface area contributed by atoms with Gasteiger partial charge in [0.25, 0.3) is 0 Å². The van der Waals surface area contributed by atoms with Gasteiger partial charge in [-0.05, 0) is 32.6 Å². The van der Waals surface area contributed by atoms with Crippen molar-refractivity contribution in [3.8, 4) is 0 Å². The van der Waals surface area contributed by atoms with Crippen LogP contribution in [0.15, 0.2) is 0 Å². The van der Waals surface area contributed by atoms with Crippen LogP contribution in [0.5, 0.6) is 0 Å². The second-order valence-electron chi connectivity index (χ2n) is 4.39. The van der Waals surface area contributed by atoms with Crippen LogP contribution < -0.4 is 0 Å². The van der Waals surface area contributed by atoms with E-state index < -0.39 is 23.1 Å². The molecule has 2 N–H and O–H groups in total. The first kappa shape index (κ1) is 14.0. The van der Waals surface area contributed by atoms with E-state index in [0.717, 1.165) is 6.42 Å². The largest absolute Gasteiger partial charge is 0.390 e. The van der Waals surface area contributed by atoms with Crippen molar-refractivity contribution in [1.82, 2.24) is 0 Å². The fourth-order valence-corrected chi connectivity index (χ4v) is 1.56. The summed E-state index contributed by atoms with van der Waals surface area (Å²) in [6.45, 7) is 7.33. The highest BCUT2D eigenvalue weighted by Crippen LogP contribution is 2.21. The summed E-state index contributed by atoms with van der Waals surface area (Å²) in [6, 6.07) is 0. The third kappa shape index (κ3) is 5.70. The zero-order valence-electron chi connectivity index (χ0n) is 9.19. The van der Waals surface area contributed by atoms with Gasteiger partial charge in [-0.25, -0.2) is 0 Å². The second kappa shape index (κ2) is 5.80. The van der Waals surface area contributed by atoms with E-state index in [2.05, 4.69) is 13.8 Å². The van der Waals surface area contributed by atoms with Crippen LogP contribution in [0.25, 0.3) is 0 Å². The molecular weight excluding hydrogens is 204 g/mol. The fourth-order valence-electron chi connectivity index (χ4n) is 1.08. The van der Waals surface area contributed by atoms with Crippen molar-refractivity contribution >= 4 is 11.4 Å². The molecule has 0 radical (unpaired) electrons. The highest BCUT2D eigenvalue weighted by atomic mass is 32.2. The number of aliphatic hydroxyl groups is 1. The van der Waals surface area contributed by atoms with Gasteiger partial charge in [0.05, 0.1) is 6.10 Å². The Labute approximate surface area is 88.2 Å². The summed E-state index contributed by atoms with van der Waals surface area (Å²) in [5.74, 6) is 0.500. The van der Waals surface area contributed by atoms with Crippen molar-refractivity contribution in [3.05, 3.63) is 0 Å². The lowest BCUT2D eigenvalue weighted by atomic mass is 9.95. The predicted molar refractivity (Wildman–Crippen MR) is 56.0 cm³/mol. The Kier molecular flexibility index (Phi) is 5.81. The first-order chi connectivity index (χ1) is 6.25. The standard InChI is InChI=1S/C9H20O4S/c1-7(2)5-6-8(10)9(3,4)13-14(11)12/h7-8,10H,5-6H2,1-4H3,(H,11,12). The predicted octanol–water partition coefficient (Wildman–Crippen LogP) is 1.72. The summed E-state index contributed by atoms with van der Waals surface area (Å²) in [7, 11) is 0. The van der Waals surface area contributed by atoms with E-state index in [1.54, 1.807) is 13.8 Å². The van der Waals surface area contributed by atoms with E-state index in [9.17, 15) is 9.32 Å². The summed E-state index contributed by atoms with van der Waals surface area (Å²) < 4.78 is 23.7. The molecule has 0 aliphatic heterocycles. The molecule has 2 unspecified atom stereocenters. The van der Waals surface area contributed by atoms with Gasteiger partial charge in [0.15, 0.2) is 0 Å². The number of rotatable bonds is 6. The smallest absolute Gasteiger partial charge is 0.302 e. The monoisotopic (exact) mass is 224 g/mol. The molecule has 2 atom stereocenters. The average Bonchev–Trinajstić information content (AvgIpc) is 1.97. The van der Waals surface area contributed by atoms with Gasteiger partial charge in [-0.15, -0.1) is 0 Å². The molecule has 5 heteroatoms. The maximum absolute atomic E-state index is 10.4. The third-order valence-electron chi connectivity index (χ3n) is 2.11. The van der Waals surface area contributed by atoms with E-state index >= 15 is 0 Å².